The van der Waals surface area contributed by atoms with E-state index in [-0.39, 0.29) is 5.04 Å². The van der Waals surface area contributed by atoms with Gasteiger partial charge in [-0.1, -0.05) is 120 Å². The topological polar surface area (TPSA) is 3.88 Å². The van der Waals surface area contributed by atoms with Gasteiger partial charge in [-0.25, -0.2) is 4.57 Å². The molecular weight excluding hydrogens is 474 g/mol. The van der Waals surface area contributed by atoms with Gasteiger partial charge in [-0.15, -0.1) is 0 Å². The molecule has 4 aromatic carbocycles. The number of aromatic nitrogens is 1. The van der Waals surface area contributed by atoms with E-state index in [1.54, 1.807) is 0 Å². The van der Waals surface area contributed by atoms with Crippen LogP contribution in [0.15, 0.2) is 109 Å². The second-order valence-corrected chi connectivity index (χ2v) is 16.8. The average molecular weight is 515 g/mol. The highest BCUT2D eigenvalue weighted by Crippen LogP contribution is 2.37. The second kappa shape index (κ2) is 10.00. The third-order valence-corrected chi connectivity index (χ3v) is 14.1. The Balaban J connectivity index is 1.82. The summed E-state index contributed by atoms with van der Waals surface area (Å²) in [4.78, 5) is 0. The molecular formula is C36H40NSi+. The Hall–Kier alpha value is -3.49. The van der Waals surface area contributed by atoms with Crippen molar-refractivity contribution in [1.29, 1.82) is 0 Å². The molecule has 1 aromatic heterocycles. The molecule has 192 valence electrons. The van der Waals surface area contributed by atoms with Gasteiger partial charge in [0, 0.05) is 11.6 Å². The Labute approximate surface area is 229 Å². The largest absolute Gasteiger partial charge is 0.220 e. The molecule has 0 atom stereocenters. The van der Waals surface area contributed by atoms with E-state index in [0.29, 0.717) is 5.92 Å². The molecule has 0 spiro atoms. The van der Waals surface area contributed by atoms with Gasteiger partial charge in [0.05, 0.1) is 5.39 Å². The Kier molecular flexibility index (Phi) is 6.87. The van der Waals surface area contributed by atoms with E-state index in [1.165, 1.54) is 48.7 Å². The molecule has 0 fully saturated rings. The summed E-state index contributed by atoms with van der Waals surface area (Å²) in [7, 11) is -0.222. The number of nitrogens with zero attached hydrogens (tertiary/aromatic N) is 1. The molecule has 5 rings (SSSR count). The van der Waals surface area contributed by atoms with Crippen LogP contribution in [0.25, 0.3) is 22.0 Å². The third kappa shape index (κ3) is 4.31. The molecule has 0 unspecified atom stereocenters. The van der Waals surface area contributed by atoms with E-state index < -0.39 is 8.07 Å². The van der Waals surface area contributed by atoms with Crippen molar-refractivity contribution < 1.29 is 4.57 Å². The quantitative estimate of drug-likeness (QED) is 0.135. The molecule has 2 heteroatoms. The molecule has 5 aromatic rings. The highest BCUT2D eigenvalue weighted by molar-refractivity contribution is 7.13. The maximum atomic E-state index is 2.50. The first-order chi connectivity index (χ1) is 18.1. The van der Waals surface area contributed by atoms with E-state index in [4.69, 9.17) is 0 Å². The smallest absolute Gasteiger partial charge is 0.200 e. The molecule has 0 amide bonds. The molecule has 1 nitrogen and oxygen atoms in total. The van der Waals surface area contributed by atoms with Crippen molar-refractivity contribution >= 4 is 34.4 Å². The minimum absolute atomic E-state index is 0.0633. The summed E-state index contributed by atoms with van der Waals surface area (Å²) < 4.78 is 2.29. The van der Waals surface area contributed by atoms with Crippen molar-refractivity contribution in [2.45, 2.75) is 52.5 Å². The molecule has 0 saturated carbocycles. The van der Waals surface area contributed by atoms with Crippen molar-refractivity contribution in [2.24, 2.45) is 7.05 Å². The van der Waals surface area contributed by atoms with Crippen LogP contribution in [-0.4, -0.2) is 8.07 Å². The monoisotopic (exact) mass is 514 g/mol. The van der Waals surface area contributed by atoms with Gasteiger partial charge < -0.3 is 0 Å². The van der Waals surface area contributed by atoms with Gasteiger partial charge in [-0.2, -0.15) is 0 Å². The lowest BCUT2D eigenvalue weighted by molar-refractivity contribution is -0.659. The van der Waals surface area contributed by atoms with Crippen LogP contribution in [0.4, 0.5) is 0 Å². The van der Waals surface area contributed by atoms with Crippen LogP contribution in [0.2, 0.25) is 5.04 Å². The van der Waals surface area contributed by atoms with Crippen molar-refractivity contribution in [3.63, 3.8) is 0 Å². The summed E-state index contributed by atoms with van der Waals surface area (Å²) in [5.74, 6) is 0.497. The molecule has 0 N–H and O–H groups in total. The Morgan fingerprint density at radius 3 is 1.84 bits per heavy atom. The fourth-order valence-corrected chi connectivity index (χ4v) is 12.1. The first kappa shape index (κ1) is 26.1. The molecule has 0 aliphatic heterocycles. The lowest BCUT2D eigenvalue weighted by Crippen LogP contribution is -2.72. The number of benzene rings is 4. The lowest BCUT2D eigenvalue weighted by atomic mass is 9.94. The van der Waals surface area contributed by atoms with Gasteiger partial charge in [-0.3, -0.25) is 0 Å². The summed E-state index contributed by atoms with van der Waals surface area (Å²) in [5.41, 5.74) is 5.30. The minimum Gasteiger partial charge on any atom is -0.200 e. The second-order valence-electron chi connectivity index (χ2n) is 12.0. The normalized spacial score (nSPS) is 12.3. The predicted octanol–water partition coefficient (Wildman–Crippen LogP) is 7.03. The van der Waals surface area contributed by atoms with Gasteiger partial charge in [0.1, 0.15) is 7.05 Å². The average Bonchev–Trinajstić information content (AvgIpc) is 2.90. The molecule has 38 heavy (non-hydrogen) atoms. The number of pyridine rings is 1. The van der Waals surface area contributed by atoms with Crippen LogP contribution in [0, 0.1) is 6.92 Å². The molecule has 0 aliphatic rings. The van der Waals surface area contributed by atoms with Crippen LogP contribution in [0.5, 0.6) is 0 Å². The van der Waals surface area contributed by atoms with Crippen LogP contribution in [0.3, 0.4) is 0 Å². The van der Waals surface area contributed by atoms with Crippen LogP contribution in [0.1, 0.15) is 51.7 Å². The van der Waals surface area contributed by atoms with Gasteiger partial charge in [-0.05, 0) is 62.1 Å². The summed E-state index contributed by atoms with van der Waals surface area (Å²) in [5, 5.41) is 7.05. The zero-order chi connectivity index (χ0) is 27.1. The number of hydrogen-bond acceptors (Lipinski definition) is 0. The number of aryl methyl sites for hydroxylation is 2. The molecule has 0 aliphatic carbocycles. The van der Waals surface area contributed by atoms with E-state index in [9.17, 15) is 0 Å². The molecule has 0 radical (unpaired) electrons. The van der Waals surface area contributed by atoms with Crippen LogP contribution >= 0.6 is 0 Å². The van der Waals surface area contributed by atoms with Gasteiger partial charge in [0.25, 0.3) is 0 Å². The van der Waals surface area contributed by atoms with E-state index in [2.05, 4.69) is 162 Å². The van der Waals surface area contributed by atoms with Gasteiger partial charge in [0.15, 0.2) is 14.3 Å². The fourth-order valence-electron chi connectivity index (χ4n) is 6.37. The summed E-state index contributed by atoms with van der Waals surface area (Å²) in [6, 6.07) is 39.1. The number of fused-ring (bicyclic) bond motifs is 1. The fraction of sp³-hybridized carbons (Fsp3) is 0.250. The highest BCUT2D eigenvalue weighted by atomic mass is 28.3. The van der Waals surface area contributed by atoms with Crippen LogP contribution < -0.4 is 20.1 Å². The Morgan fingerprint density at radius 2 is 1.29 bits per heavy atom. The maximum absolute atomic E-state index is 2.50. The molecule has 0 bridgehead atoms. The SMILES string of the molecule is Cc1ccc(C(C)C)cc1-c1c2ccc([Si](c3ccccc3)(c3ccccc3)C(C)(C)C)cc2cc[n+]1C. The summed E-state index contributed by atoms with van der Waals surface area (Å²) in [6.45, 7) is 14.1. The van der Waals surface area contributed by atoms with Crippen molar-refractivity contribution in [1.82, 2.24) is 0 Å². The minimum atomic E-state index is -2.39. The van der Waals surface area contributed by atoms with Crippen LogP contribution in [-0.2, 0) is 7.05 Å². The zero-order valence-corrected chi connectivity index (χ0v) is 24.9. The van der Waals surface area contributed by atoms with Crippen molar-refractivity contribution in [2.75, 3.05) is 0 Å². The molecule has 0 saturated heterocycles. The third-order valence-electron chi connectivity index (χ3n) is 8.29. The Bertz CT molecular complexity index is 1540. The Morgan fingerprint density at radius 1 is 0.684 bits per heavy atom. The van der Waals surface area contributed by atoms with Gasteiger partial charge >= 0.3 is 0 Å². The first-order valence-electron chi connectivity index (χ1n) is 13.8. The van der Waals surface area contributed by atoms with Gasteiger partial charge in [0.2, 0.25) is 5.69 Å². The summed E-state index contributed by atoms with van der Waals surface area (Å²) >= 11 is 0. The van der Waals surface area contributed by atoms with E-state index in [0.717, 1.165) is 0 Å². The highest BCUT2D eigenvalue weighted by Gasteiger charge is 2.49. The summed E-state index contributed by atoms with van der Waals surface area (Å²) in [6.07, 6.45) is 2.23. The number of hydrogen-bond donors (Lipinski definition) is 0. The van der Waals surface area contributed by atoms with E-state index in [1.807, 2.05) is 0 Å². The maximum Gasteiger partial charge on any atom is 0.220 e. The first-order valence-corrected chi connectivity index (χ1v) is 15.8. The standard InChI is InChI=1S/C36H40NSi/c1-26(2)28-19-18-27(3)34(25-28)35-33-21-20-32(24-29(33)22-23-37(35)7)38(36(4,5)6,30-14-10-8-11-15-30)31-16-12-9-13-17-31/h8-26H,1-7H3/q+1. The van der Waals surface area contributed by atoms with Crippen molar-refractivity contribution in [3.05, 3.63) is 120 Å². The predicted molar refractivity (Wildman–Crippen MR) is 167 cm³/mol. The zero-order valence-electron chi connectivity index (χ0n) is 23.9. The molecule has 1 heterocycles. The van der Waals surface area contributed by atoms with E-state index >= 15 is 0 Å². The van der Waals surface area contributed by atoms with Crippen molar-refractivity contribution in [3.8, 4) is 11.3 Å². The lowest BCUT2D eigenvalue weighted by Gasteiger charge is -2.44. The number of rotatable bonds is 5.